The Morgan fingerprint density at radius 1 is 1.62 bits per heavy atom. The van der Waals surface area contributed by atoms with Crippen molar-refractivity contribution in [3.63, 3.8) is 0 Å². The number of nitrogens with two attached hydrogens (primary N) is 1. The Morgan fingerprint density at radius 2 is 2.31 bits per heavy atom. The molecule has 2 N–H and O–H groups in total. The Labute approximate surface area is 81.4 Å². The summed E-state index contributed by atoms with van der Waals surface area (Å²) in [6.07, 6.45) is 0. The first-order valence-electron chi connectivity index (χ1n) is 3.82. The smallest absolute Gasteiger partial charge is 0.328 e. The van der Waals surface area contributed by atoms with E-state index in [0.29, 0.717) is 10.8 Å². The van der Waals surface area contributed by atoms with Crippen molar-refractivity contribution < 1.29 is 9.53 Å². The molecule has 0 saturated carbocycles. The SMILES string of the molecule is CC(N)C(=O)Oc1cccc(Cl)c1. The molecular weight excluding hydrogens is 190 g/mol. The second-order valence-electron chi connectivity index (χ2n) is 2.67. The monoisotopic (exact) mass is 199 g/mol. The largest absolute Gasteiger partial charge is 0.425 e. The van der Waals surface area contributed by atoms with E-state index in [0.717, 1.165) is 0 Å². The van der Waals surface area contributed by atoms with Gasteiger partial charge in [-0.25, -0.2) is 4.79 Å². The van der Waals surface area contributed by atoms with E-state index in [2.05, 4.69) is 0 Å². The van der Waals surface area contributed by atoms with E-state index in [4.69, 9.17) is 22.1 Å². The summed E-state index contributed by atoms with van der Waals surface area (Å²) >= 11 is 5.69. The van der Waals surface area contributed by atoms with Crippen LogP contribution in [0.1, 0.15) is 6.92 Å². The fourth-order valence-electron chi connectivity index (χ4n) is 0.740. The van der Waals surface area contributed by atoms with Crippen molar-refractivity contribution in [2.75, 3.05) is 0 Å². The van der Waals surface area contributed by atoms with Crippen LogP contribution in [0.15, 0.2) is 24.3 Å². The van der Waals surface area contributed by atoms with Gasteiger partial charge in [0, 0.05) is 5.02 Å². The molecule has 1 unspecified atom stereocenters. The first kappa shape index (κ1) is 10.0. The third-order valence-corrected chi connectivity index (χ3v) is 1.62. The number of hydrogen-bond acceptors (Lipinski definition) is 3. The highest BCUT2D eigenvalue weighted by Gasteiger charge is 2.09. The summed E-state index contributed by atoms with van der Waals surface area (Å²) in [5.41, 5.74) is 5.31. The van der Waals surface area contributed by atoms with E-state index in [1.807, 2.05) is 0 Å². The van der Waals surface area contributed by atoms with Gasteiger partial charge in [-0.1, -0.05) is 17.7 Å². The number of carbonyl (C=O) groups excluding carboxylic acids is 1. The third-order valence-electron chi connectivity index (χ3n) is 1.39. The quantitative estimate of drug-likeness (QED) is 0.582. The molecule has 70 valence electrons. The maximum Gasteiger partial charge on any atom is 0.328 e. The van der Waals surface area contributed by atoms with Gasteiger partial charge < -0.3 is 10.5 Å². The number of benzene rings is 1. The number of hydrogen-bond donors (Lipinski definition) is 1. The van der Waals surface area contributed by atoms with Gasteiger partial charge in [0.1, 0.15) is 11.8 Å². The van der Waals surface area contributed by atoms with Gasteiger partial charge in [0.05, 0.1) is 0 Å². The van der Waals surface area contributed by atoms with Gasteiger partial charge in [0.15, 0.2) is 0 Å². The summed E-state index contributed by atoms with van der Waals surface area (Å²) in [6.45, 7) is 1.56. The van der Waals surface area contributed by atoms with Gasteiger partial charge in [-0.15, -0.1) is 0 Å². The van der Waals surface area contributed by atoms with Crippen molar-refractivity contribution in [3.05, 3.63) is 29.3 Å². The highest BCUT2D eigenvalue weighted by atomic mass is 35.5. The van der Waals surface area contributed by atoms with Crippen LogP contribution in [0.4, 0.5) is 0 Å². The van der Waals surface area contributed by atoms with E-state index in [-0.39, 0.29) is 0 Å². The molecule has 1 rings (SSSR count). The van der Waals surface area contributed by atoms with Crippen LogP contribution in [0.3, 0.4) is 0 Å². The zero-order valence-electron chi connectivity index (χ0n) is 7.16. The summed E-state index contributed by atoms with van der Waals surface area (Å²) < 4.78 is 4.91. The van der Waals surface area contributed by atoms with Crippen LogP contribution < -0.4 is 10.5 Å². The lowest BCUT2D eigenvalue weighted by atomic mass is 10.3. The van der Waals surface area contributed by atoms with E-state index < -0.39 is 12.0 Å². The van der Waals surface area contributed by atoms with Crippen LogP contribution in [0.25, 0.3) is 0 Å². The van der Waals surface area contributed by atoms with Gasteiger partial charge in [-0.2, -0.15) is 0 Å². The molecule has 0 saturated heterocycles. The minimum absolute atomic E-state index is 0.412. The fourth-order valence-corrected chi connectivity index (χ4v) is 0.920. The first-order valence-corrected chi connectivity index (χ1v) is 4.20. The second-order valence-corrected chi connectivity index (χ2v) is 3.10. The number of ether oxygens (including phenoxy) is 1. The Morgan fingerprint density at radius 3 is 2.85 bits per heavy atom. The standard InChI is InChI=1S/C9H10ClNO2/c1-6(11)9(12)13-8-4-2-3-7(10)5-8/h2-6H,11H2,1H3. The molecule has 1 aromatic carbocycles. The average molecular weight is 200 g/mol. The lowest BCUT2D eigenvalue weighted by molar-refractivity contribution is -0.135. The summed E-state index contributed by atoms with van der Waals surface area (Å²) in [6, 6.07) is 5.98. The van der Waals surface area contributed by atoms with Gasteiger partial charge in [0.2, 0.25) is 0 Å². The molecule has 1 atom stereocenters. The van der Waals surface area contributed by atoms with Crippen molar-refractivity contribution >= 4 is 17.6 Å². The van der Waals surface area contributed by atoms with E-state index in [1.54, 1.807) is 31.2 Å². The Balaban J connectivity index is 2.69. The molecule has 0 aliphatic rings. The maximum atomic E-state index is 11.0. The number of halogens is 1. The molecular formula is C9H10ClNO2. The molecule has 0 aromatic heterocycles. The maximum absolute atomic E-state index is 11.0. The van der Waals surface area contributed by atoms with Crippen molar-refractivity contribution in [1.29, 1.82) is 0 Å². The fraction of sp³-hybridized carbons (Fsp3) is 0.222. The molecule has 4 heteroatoms. The topological polar surface area (TPSA) is 52.3 Å². The number of esters is 1. The Bertz CT molecular complexity index is 312. The van der Waals surface area contributed by atoms with Crippen molar-refractivity contribution in [2.24, 2.45) is 5.73 Å². The molecule has 0 fully saturated rings. The van der Waals surface area contributed by atoms with Crippen LogP contribution in [-0.2, 0) is 4.79 Å². The van der Waals surface area contributed by atoms with Crippen LogP contribution in [0, 0.1) is 0 Å². The van der Waals surface area contributed by atoms with Crippen molar-refractivity contribution in [3.8, 4) is 5.75 Å². The van der Waals surface area contributed by atoms with Crippen molar-refractivity contribution in [2.45, 2.75) is 13.0 Å². The van der Waals surface area contributed by atoms with Crippen LogP contribution >= 0.6 is 11.6 Å². The lowest BCUT2D eigenvalue weighted by Crippen LogP contribution is -2.30. The molecule has 0 bridgehead atoms. The van der Waals surface area contributed by atoms with Gasteiger partial charge >= 0.3 is 5.97 Å². The minimum atomic E-state index is -0.626. The highest BCUT2D eigenvalue weighted by Crippen LogP contribution is 2.17. The molecule has 0 radical (unpaired) electrons. The zero-order chi connectivity index (χ0) is 9.84. The molecule has 1 aromatic rings. The molecule has 0 heterocycles. The third kappa shape index (κ3) is 3.05. The first-order chi connectivity index (χ1) is 6.09. The number of rotatable bonds is 2. The number of carbonyl (C=O) groups is 1. The molecule has 0 aliphatic heterocycles. The molecule has 0 aliphatic carbocycles. The van der Waals surface area contributed by atoms with Gasteiger partial charge in [-0.3, -0.25) is 0 Å². The van der Waals surface area contributed by atoms with E-state index in [9.17, 15) is 4.79 Å². The predicted molar refractivity (Wildman–Crippen MR) is 50.7 cm³/mol. The van der Waals surface area contributed by atoms with Crippen LogP contribution in [0.5, 0.6) is 5.75 Å². The van der Waals surface area contributed by atoms with Gasteiger partial charge in [-0.05, 0) is 25.1 Å². The minimum Gasteiger partial charge on any atom is -0.425 e. The average Bonchev–Trinajstić information content (AvgIpc) is 2.04. The van der Waals surface area contributed by atoms with Gasteiger partial charge in [0.25, 0.3) is 0 Å². The lowest BCUT2D eigenvalue weighted by Gasteiger charge is -2.06. The molecule has 0 amide bonds. The molecule has 3 nitrogen and oxygen atoms in total. The summed E-state index contributed by atoms with van der Waals surface area (Å²) in [4.78, 5) is 11.0. The Kier molecular flexibility index (Phi) is 3.28. The predicted octanol–water partition coefficient (Wildman–Crippen LogP) is 1.59. The van der Waals surface area contributed by atoms with E-state index >= 15 is 0 Å². The van der Waals surface area contributed by atoms with Crippen molar-refractivity contribution in [1.82, 2.24) is 0 Å². The Hall–Kier alpha value is -1.06. The van der Waals surface area contributed by atoms with Crippen LogP contribution in [0.2, 0.25) is 5.02 Å². The highest BCUT2D eigenvalue weighted by molar-refractivity contribution is 6.30. The second kappa shape index (κ2) is 4.25. The van der Waals surface area contributed by atoms with E-state index in [1.165, 1.54) is 0 Å². The summed E-state index contributed by atoms with van der Waals surface area (Å²) in [7, 11) is 0. The molecule has 0 spiro atoms. The zero-order valence-corrected chi connectivity index (χ0v) is 7.91. The normalized spacial score (nSPS) is 12.2. The summed E-state index contributed by atoms with van der Waals surface area (Å²) in [5.74, 6) is -0.0583. The van der Waals surface area contributed by atoms with Crippen LogP contribution in [-0.4, -0.2) is 12.0 Å². The molecule has 13 heavy (non-hydrogen) atoms. The summed E-state index contributed by atoms with van der Waals surface area (Å²) in [5, 5.41) is 0.523.